The lowest BCUT2D eigenvalue weighted by atomic mass is 9.92. The molecule has 1 aliphatic rings. The van der Waals surface area contributed by atoms with Gasteiger partial charge in [0.2, 0.25) is 0 Å². The molecule has 1 aromatic carbocycles. The lowest BCUT2D eigenvalue weighted by Crippen LogP contribution is -2.39. The van der Waals surface area contributed by atoms with Crippen molar-refractivity contribution in [2.75, 3.05) is 13.1 Å². The minimum Gasteiger partial charge on any atom is -0.481 e. The van der Waals surface area contributed by atoms with Gasteiger partial charge in [0, 0.05) is 16.2 Å². The number of rotatable bonds is 4. The third-order valence-corrected chi connectivity index (χ3v) is 5.37. The van der Waals surface area contributed by atoms with Gasteiger partial charge in [-0.2, -0.15) is 0 Å². The van der Waals surface area contributed by atoms with E-state index in [-0.39, 0.29) is 12.0 Å². The van der Waals surface area contributed by atoms with E-state index < -0.39 is 5.97 Å². The van der Waals surface area contributed by atoms with Gasteiger partial charge >= 0.3 is 5.97 Å². The van der Waals surface area contributed by atoms with Crippen molar-refractivity contribution >= 4 is 29.2 Å². The average Bonchev–Trinajstić information content (AvgIpc) is 2.59. The number of carboxylic acids is 1. The quantitative estimate of drug-likeness (QED) is 0.845. The fourth-order valence-corrected chi connectivity index (χ4v) is 3.94. The first kappa shape index (κ1) is 18.2. The first-order valence-electron chi connectivity index (χ1n) is 8.30. The second kappa shape index (κ2) is 7.73. The topological polar surface area (TPSA) is 53.4 Å². The van der Waals surface area contributed by atoms with Gasteiger partial charge in [0.25, 0.3) is 0 Å². The number of aromatic nitrogens is 1. The predicted octanol–water partition coefficient (Wildman–Crippen LogP) is 4.58. The molecule has 1 aromatic heterocycles. The first-order chi connectivity index (χ1) is 12.0. The molecule has 2 aromatic rings. The van der Waals surface area contributed by atoms with Crippen molar-refractivity contribution in [2.24, 2.45) is 5.92 Å². The second-order valence-electron chi connectivity index (χ2n) is 6.42. The molecule has 2 heterocycles. The average molecular weight is 379 g/mol. The Hall–Kier alpha value is -1.62. The summed E-state index contributed by atoms with van der Waals surface area (Å²) in [7, 11) is 0. The number of hydrogen-bond donors (Lipinski definition) is 1. The SMILES string of the molecule is Cc1cccnc1C(c1ccc(Cl)cc1Cl)N1CCC(C(=O)O)CC1. The Bertz CT molecular complexity index is 774. The van der Waals surface area contributed by atoms with E-state index in [4.69, 9.17) is 23.2 Å². The summed E-state index contributed by atoms with van der Waals surface area (Å²) in [5.41, 5.74) is 2.97. The molecule has 1 atom stereocenters. The molecule has 1 aliphatic heterocycles. The molecule has 1 fully saturated rings. The van der Waals surface area contributed by atoms with Gasteiger partial charge in [0.1, 0.15) is 0 Å². The molecule has 0 bridgehead atoms. The van der Waals surface area contributed by atoms with Gasteiger partial charge in [-0.05, 0) is 62.2 Å². The third kappa shape index (κ3) is 3.97. The monoisotopic (exact) mass is 378 g/mol. The van der Waals surface area contributed by atoms with Crippen LogP contribution in [0.25, 0.3) is 0 Å². The fraction of sp³-hybridized carbons (Fsp3) is 0.368. The molecule has 1 unspecified atom stereocenters. The number of aliphatic carboxylic acids is 1. The number of likely N-dealkylation sites (tertiary alicyclic amines) is 1. The van der Waals surface area contributed by atoms with E-state index in [1.54, 1.807) is 12.3 Å². The number of nitrogens with zero attached hydrogens (tertiary/aromatic N) is 2. The van der Waals surface area contributed by atoms with Crippen LogP contribution >= 0.6 is 23.2 Å². The molecule has 1 N–H and O–H groups in total. The molecule has 1 saturated heterocycles. The Morgan fingerprint density at radius 1 is 1.28 bits per heavy atom. The summed E-state index contributed by atoms with van der Waals surface area (Å²) in [6, 6.07) is 9.35. The Balaban J connectivity index is 1.99. The molecule has 0 radical (unpaired) electrons. The maximum Gasteiger partial charge on any atom is 0.306 e. The zero-order valence-electron chi connectivity index (χ0n) is 14.0. The molecule has 6 heteroatoms. The van der Waals surface area contributed by atoms with Crippen LogP contribution in [0.3, 0.4) is 0 Å². The summed E-state index contributed by atoms with van der Waals surface area (Å²) in [4.78, 5) is 18.1. The highest BCUT2D eigenvalue weighted by Crippen LogP contribution is 2.37. The molecular formula is C19H20Cl2N2O2. The van der Waals surface area contributed by atoms with Crippen molar-refractivity contribution in [3.63, 3.8) is 0 Å². The molecule has 0 spiro atoms. The van der Waals surface area contributed by atoms with E-state index in [2.05, 4.69) is 9.88 Å². The highest BCUT2D eigenvalue weighted by atomic mass is 35.5. The van der Waals surface area contributed by atoms with Gasteiger partial charge in [-0.3, -0.25) is 14.7 Å². The Kier molecular flexibility index (Phi) is 5.62. The van der Waals surface area contributed by atoms with Crippen molar-refractivity contribution in [1.29, 1.82) is 0 Å². The van der Waals surface area contributed by atoms with Gasteiger partial charge < -0.3 is 5.11 Å². The number of piperidine rings is 1. The number of halogens is 2. The lowest BCUT2D eigenvalue weighted by Gasteiger charge is -2.37. The van der Waals surface area contributed by atoms with Crippen LogP contribution in [0.1, 0.15) is 35.7 Å². The van der Waals surface area contributed by atoms with Crippen LogP contribution in [0.2, 0.25) is 10.0 Å². The number of hydrogen-bond acceptors (Lipinski definition) is 3. The van der Waals surface area contributed by atoms with Crippen molar-refractivity contribution in [2.45, 2.75) is 25.8 Å². The number of benzene rings is 1. The number of aryl methyl sites for hydroxylation is 1. The maximum absolute atomic E-state index is 11.2. The van der Waals surface area contributed by atoms with Gasteiger partial charge in [0.15, 0.2) is 0 Å². The van der Waals surface area contributed by atoms with Crippen LogP contribution in [0.15, 0.2) is 36.5 Å². The zero-order valence-corrected chi connectivity index (χ0v) is 15.5. The molecule has 0 amide bonds. The Morgan fingerprint density at radius 2 is 2.00 bits per heavy atom. The second-order valence-corrected chi connectivity index (χ2v) is 7.27. The summed E-state index contributed by atoms with van der Waals surface area (Å²) in [5, 5.41) is 10.4. The van der Waals surface area contributed by atoms with Crippen molar-refractivity contribution in [3.05, 3.63) is 63.4 Å². The van der Waals surface area contributed by atoms with E-state index in [0.29, 0.717) is 36.0 Å². The van der Waals surface area contributed by atoms with Crippen LogP contribution in [-0.4, -0.2) is 34.0 Å². The minimum absolute atomic E-state index is 0.110. The lowest BCUT2D eigenvalue weighted by molar-refractivity contribution is -0.143. The number of carboxylic acid groups (broad SMARTS) is 1. The number of carbonyl (C=O) groups is 1. The summed E-state index contributed by atoms with van der Waals surface area (Å²) in [6.45, 7) is 3.41. The largest absolute Gasteiger partial charge is 0.481 e. The molecule has 3 rings (SSSR count). The van der Waals surface area contributed by atoms with E-state index >= 15 is 0 Å². The normalized spacial score (nSPS) is 17.4. The predicted molar refractivity (Wildman–Crippen MR) is 99.2 cm³/mol. The summed E-state index contributed by atoms with van der Waals surface area (Å²) < 4.78 is 0. The van der Waals surface area contributed by atoms with Crippen molar-refractivity contribution in [1.82, 2.24) is 9.88 Å². The van der Waals surface area contributed by atoms with Gasteiger partial charge in [-0.1, -0.05) is 35.3 Å². The highest BCUT2D eigenvalue weighted by Gasteiger charge is 2.32. The molecule has 4 nitrogen and oxygen atoms in total. The van der Waals surface area contributed by atoms with Crippen molar-refractivity contribution in [3.8, 4) is 0 Å². The van der Waals surface area contributed by atoms with E-state index in [1.165, 1.54) is 0 Å². The minimum atomic E-state index is -0.713. The van der Waals surface area contributed by atoms with Gasteiger partial charge in [0.05, 0.1) is 17.7 Å². The molecular weight excluding hydrogens is 359 g/mol. The van der Waals surface area contributed by atoms with Crippen LogP contribution in [-0.2, 0) is 4.79 Å². The van der Waals surface area contributed by atoms with Crippen LogP contribution in [0, 0.1) is 12.8 Å². The molecule has 132 valence electrons. The molecule has 0 saturated carbocycles. The van der Waals surface area contributed by atoms with Gasteiger partial charge in [-0.15, -0.1) is 0 Å². The standard InChI is InChI=1S/C19H20Cl2N2O2/c1-12-3-2-8-22-17(12)18(15-5-4-14(20)11-16(15)21)23-9-6-13(7-10-23)19(24)25/h2-5,8,11,13,18H,6-7,9-10H2,1H3,(H,24,25). The summed E-state index contributed by atoms with van der Waals surface area (Å²) >= 11 is 12.6. The third-order valence-electron chi connectivity index (χ3n) is 4.81. The van der Waals surface area contributed by atoms with Crippen molar-refractivity contribution < 1.29 is 9.90 Å². The fourth-order valence-electron chi connectivity index (χ4n) is 3.43. The summed E-state index contributed by atoms with van der Waals surface area (Å²) in [5.74, 6) is -0.989. The summed E-state index contributed by atoms with van der Waals surface area (Å²) in [6.07, 6.45) is 3.04. The highest BCUT2D eigenvalue weighted by molar-refractivity contribution is 6.35. The molecule has 25 heavy (non-hydrogen) atoms. The van der Waals surface area contributed by atoms with Crippen LogP contribution in [0.4, 0.5) is 0 Å². The van der Waals surface area contributed by atoms with E-state index in [9.17, 15) is 9.90 Å². The Morgan fingerprint density at radius 3 is 2.60 bits per heavy atom. The Labute approximate surface area is 157 Å². The smallest absolute Gasteiger partial charge is 0.306 e. The van der Waals surface area contributed by atoms with E-state index in [1.807, 2.05) is 31.2 Å². The number of pyridine rings is 1. The van der Waals surface area contributed by atoms with Crippen LogP contribution < -0.4 is 0 Å². The molecule has 0 aliphatic carbocycles. The zero-order chi connectivity index (χ0) is 18.0. The maximum atomic E-state index is 11.2. The first-order valence-corrected chi connectivity index (χ1v) is 9.06. The van der Waals surface area contributed by atoms with Gasteiger partial charge in [-0.25, -0.2) is 0 Å². The van der Waals surface area contributed by atoms with Crippen LogP contribution in [0.5, 0.6) is 0 Å². The van der Waals surface area contributed by atoms with E-state index in [0.717, 1.165) is 16.8 Å².